The lowest BCUT2D eigenvalue weighted by Gasteiger charge is -2.13. The normalized spacial score (nSPS) is 19.2. The molecule has 0 unspecified atom stereocenters. The Morgan fingerprint density at radius 3 is 2.81 bits per heavy atom. The van der Waals surface area contributed by atoms with E-state index in [0.717, 1.165) is 5.56 Å². The smallest absolute Gasteiger partial charge is 0.408 e. The highest BCUT2D eigenvalue weighted by atomic mass is 16.6. The van der Waals surface area contributed by atoms with Crippen LogP contribution in [0.4, 0.5) is 4.79 Å². The molecule has 0 aliphatic carbocycles. The molecule has 1 atom stereocenters. The molecule has 21 heavy (non-hydrogen) atoms. The second-order valence-electron chi connectivity index (χ2n) is 4.91. The molecule has 2 rings (SSSR count). The van der Waals surface area contributed by atoms with E-state index < -0.39 is 18.1 Å². The van der Waals surface area contributed by atoms with Crippen LogP contribution in [-0.4, -0.2) is 43.7 Å². The van der Waals surface area contributed by atoms with Crippen molar-refractivity contribution in [3.8, 4) is 0 Å². The third-order valence-electron chi connectivity index (χ3n) is 2.89. The van der Waals surface area contributed by atoms with Crippen molar-refractivity contribution in [1.82, 2.24) is 10.2 Å². The summed E-state index contributed by atoms with van der Waals surface area (Å²) >= 11 is 0. The first kappa shape index (κ1) is 14.9. The molecule has 1 amide bonds. The van der Waals surface area contributed by atoms with Crippen molar-refractivity contribution < 1.29 is 19.1 Å². The van der Waals surface area contributed by atoms with Crippen LogP contribution < -0.4 is 5.32 Å². The Bertz CT molecular complexity index is 540. The lowest BCUT2D eigenvalue weighted by atomic mass is 10.1. The summed E-state index contributed by atoms with van der Waals surface area (Å²) in [6, 6.07) is 8.89. The van der Waals surface area contributed by atoms with E-state index in [9.17, 15) is 9.59 Å². The minimum absolute atomic E-state index is 0.124. The van der Waals surface area contributed by atoms with Crippen LogP contribution in [0.25, 0.3) is 0 Å². The number of carbonyl (C=O) groups is 2. The average Bonchev–Trinajstić information content (AvgIpc) is 2.79. The summed E-state index contributed by atoms with van der Waals surface area (Å²) in [5, 5.41) is 2.63. The lowest BCUT2D eigenvalue weighted by molar-refractivity contribution is -0.135. The summed E-state index contributed by atoms with van der Waals surface area (Å²) in [4.78, 5) is 25.1. The fourth-order valence-corrected chi connectivity index (χ4v) is 1.92. The predicted octanol–water partition coefficient (Wildman–Crippen LogP) is 1.28. The molecular weight excluding hydrogens is 272 g/mol. The SMILES string of the molecule is CN(C)/C=C1/C(=O)OC[C@H]1NC(=O)OCc1ccccc1. The molecule has 0 aromatic heterocycles. The number of hydrogen-bond donors (Lipinski definition) is 1. The number of nitrogens with zero attached hydrogens (tertiary/aromatic N) is 1. The van der Waals surface area contributed by atoms with Crippen LogP contribution in [-0.2, 0) is 20.9 Å². The second-order valence-corrected chi connectivity index (χ2v) is 4.91. The number of carbonyl (C=O) groups excluding carboxylic acids is 2. The molecule has 0 radical (unpaired) electrons. The zero-order valence-corrected chi connectivity index (χ0v) is 12.0. The fourth-order valence-electron chi connectivity index (χ4n) is 1.92. The van der Waals surface area contributed by atoms with Crippen molar-refractivity contribution >= 4 is 12.1 Å². The van der Waals surface area contributed by atoms with E-state index in [4.69, 9.17) is 9.47 Å². The number of rotatable bonds is 4. The number of amides is 1. The van der Waals surface area contributed by atoms with Crippen LogP contribution >= 0.6 is 0 Å². The van der Waals surface area contributed by atoms with Gasteiger partial charge in [-0.1, -0.05) is 30.3 Å². The molecule has 1 aromatic carbocycles. The number of hydrogen-bond acceptors (Lipinski definition) is 5. The third kappa shape index (κ3) is 4.24. The lowest BCUT2D eigenvalue weighted by Crippen LogP contribution is -2.37. The van der Waals surface area contributed by atoms with Crippen molar-refractivity contribution in [2.24, 2.45) is 0 Å². The number of cyclic esters (lactones) is 1. The van der Waals surface area contributed by atoms with Crippen LogP contribution in [0.3, 0.4) is 0 Å². The maximum Gasteiger partial charge on any atom is 0.408 e. The van der Waals surface area contributed by atoms with Crippen LogP contribution in [0.2, 0.25) is 0 Å². The Kier molecular flexibility index (Phi) is 4.81. The maximum atomic E-state index is 11.8. The molecule has 6 nitrogen and oxygen atoms in total. The van der Waals surface area contributed by atoms with Gasteiger partial charge >= 0.3 is 12.1 Å². The van der Waals surface area contributed by atoms with Crippen LogP contribution in [0.15, 0.2) is 42.1 Å². The number of benzene rings is 1. The molecule has 1 heterocycles. The molecule has 1 fully saturated rings. The summed E-state index contributed by atoms with van der Waals surface area (Å²) < 4.78 is 10.1. The zero-order chi connectivity index (χ0) is 15.2. The van der Waals surface area contributed by atoms with Gasteiger partial charge in [0.2, 0.25) is 0 Å². The van der Waals surface area contributed by atoms with Gasteiger partial charge in [-0.3, -0.25) is 0 Å². The molecule has 1 aliphatic heterocycles. The number of nitrogens with one attached hydrogen (secondary N) is 1. The van der Waals surface area contributed by atoms with Crippen molar-refractivity contribution in [3.63, 3.8) is 0 Å². The van der Waals surface area contributed by atoms with Gasteiger partial charge in [-0.15, -0.1) is 0 Å². The van der Waals surface area contributed by atoms with Gasteiger partial charge in [-0.2, -0.15) is 0 Å². The molecule has 1 aromatic rings. The topological polar surface area (TPSA) is 67.9 Å². The van der Waals surface area contributed by atoms with Gasteiger partial charge in [0.15, 0.2) is 0 Å². The summed E-state index contributed by atoms with van der Waals surface area (Å²) in [5.41, 5.74) is 1.31. The van der Waals surface area contributed by atoms with Crippen molar-refractivity contribution in [2.75, 3.05) is 20.7 Å². The van der Waals surface area contributed by atoms with Crippen molar-refractivity contribution in [1.29, 1.82) is 0 Å². The number of esters is 1. The number of alkyl carbamates (subject to hydrolysis) is 1. The summed E-state index contributed by atoms with van der Waals surface area (Å²) in [6.07, 6.45) is 1.06. The quantitative estimate of drug-likeness (QED) is 0.668. The molecule has 0 saturated carbocycles. The minimum atomic E-state index is -0.577. The molecule has 0 spiro atoms. The first-order chi connectivity index (χ1) is 10.1. The van der Waals surface area contributed by atoms with E-state index in [-0.39, 0.29) is 13.2 Å². The molecule has 1 saturated heterocycles. The molecule has 112 valence electrons. The Morgan fingerprint density at radius 1 is 1.43 bits per heavy atom. The van der Waals surface area contributed by atoms with Gasteiger partial charge in [0.05, 0.1) is 5.57 Å². The van der Waals surface area contributed by atoms with E-state index in [1.54, 1.807) is 25.2 Å². The monoisotopic (exact) mass is 290 g/mol. The largest absolute Gasteiger partial charge is 0.460 e. The highest BCUT2D eigenvalue weighted by molar-refractivity contribution is 5.92. The average molecular weight is 290 g/mol. The predicted molar refractivity (Wildman–Crippen MR) is 76.3 cm³/mol. The third-order valence-corrected chi connectivity index (χ3v) is 2.89. The highest BCUT2D eigenvalue weighted by Crippen LogP contribution is 2.15. The maximum absolute atomic E-state index is 11.8. The Hall–Kier alpha value is -2.50. The highest BCUT2D eigenvalue weighted by Gasteiger charge is 2.32. The molecular formula is C15H18N2O4. The van der Waals surface area contributed by atoms with E-state index in [2.05, 4.69) is 5.32 Å². The van der Waals surface area contributed by atoms with E-state index in [0.29, 0.717) is 5.57 Å². The van der Waals surface area contributed by atoms with Gasteiger partial charge < -0.3 is 19.7 Å². The molecule has 0 bridgehead atoms. The van der Waals surface area contributed by atoms with Crippen LogP contribution in [0, 0.1) is 0 Å². The van der Waals surface area contributed by atoms with Crippen molar-refractivity contribution in [3.05, 3.63) is 47.7 Å². The molecule has 1 aliphatic rings. The summed E-state index contributed by atoms with van der Waals surface area (Å²) in [5.74, 6) is -0.419. The Morgan fingerprint density at radius 2 is 2.14 bits per heavy atom. The second kappa shape index (κ2) is 6.78. The van der Waals surface area contributed by atoms with E-state index >= 15 is 0 Å². The molecule has 1 N–H and O–H groups in total. The Labute approximate surface area is 123 Å². The van der Waals surface area contributed by atoms with Crippen LogP contribution in [0.5, 0.6) is 0 Å². The van der Waals surface area contributed by atoms with Gasteiger partial charge in [-0.05, 0) is 5.56 Å². The van der Waals surface area contributed by atoms with E-state index in [1.165, 1.54) is 0 Å². The first-order valence-electron chi connectivity index (χ1n) is 6.58. The van der Waals surface area contributed by atoms with Gasteiger partial charge in [0, 0.05) is 20.3 Å². The molecule has 6 heteroatoms. The van der Waals surface area contributed by atoms with Gasteiger partial charge in [-0.25, -0.2) is 9.59 Å². The zero-order valence-electron chi connectivity index (χ0n) is 12.0. The minimum Gasteiger partial charge on any atom is -0.460 e. The van der Waals surface area contributed by atoms with Crippen LogP contribution in [0.1, 0.15) is 5.56 Å². The van der Waals surface area contributed by atoms with Gasteiger partial charge in [0.25, 0.3) is 0 Å². The van der Waals surface area contributed by atoms with Crippen molar-refractivity contribution in [2.45, 2.75) is 12.6 Å². The van der Waals surface area contributed by atoms with E-state index in [1.807, 2.05) is 30.3 Å². The van der Waals surface area contributed by atoms with Gasteiger partial charge in [0.1, 0.15) is 19.3 Å². The first-order valence-corrected chi connectivity index (χ1v) is 6.58. The Balaban J connectivity index is 1.89. The summed E-state index contributed by atoms with van der Waals surface area (Å²) in [7, 11) is 3.59. The summed E-state index contributed by atoms with van der Waals surface area (Å²) in [6.45, 7) is 0.305. The number of ether oxygens (including phenoxy) is 2. The fraction of sp³-hybridized carbons (Fsp3) is 0.333. The standard InChI is InChI=1S/C15H18N2O4/c1-17(2)8-12-13(10-20-14(12)18)16-15(19)21-9-11-6-4-3-5-7-11/h3-8,13H,9-10H2,1-2H3,(H,16,19)/b12-8+/t13-/m1/s1.